The quantitative estimate of drug-likeness (QED) is 0.805. The summed E-state index contributed by atoms with van der Waals surface area (Å²) in [4.78, 5) is 15.1. The summed E-state index contributed by atoms with van der Waals surface area (Å²) in [7, 11) is 0. The van der Waals surface area contributed by atoms with Gasteiger partial charge in [-0.3, -0.25) is 4.79 Å². The van der Waals surface area contributed by atoms with Crippen LogP contribution in [0.3, 0.4) is 0 Å². The molecule has 0 fully saturated rings. The van der Waals surface area contributed by atoms with Gasteiger partial charge in [0.15, 0.2) is 0 Å². The molecule has 0 saturated carbocycles. The Bertz CT molecular complexity index is 345. The fourth-order valence-corrected chi connectivity index (χ4v) is 1.82. The average Bonchev–Trinajstić information content (AvgIpc) is 2.47. The zero-order chi connectivity index (χ0) is 11.5. The molecule has 0 N–H and O–H groups in total. The third-order valence-electron chi connectivity index (χ3n) is 1.70. The van der Waals surface area contributed by atoms with Crippen molar-refractivity contribution in [2.45, 2.75) is 32.4 Å². The fraction of sp³-hybridized carbons (Fsp3) is 0.556. The number of hydrogen-bond donors (Lipinski definition) is 0. The molecule has 0 amide bonds. The molecule has 0 aromatic carbocycles. The van der Waals surface area contributed by atoms with E-state index in [9.17, 15) is 18.0 Å². The lowest BCUT2D eigenvalue weighted by Gasteiger charge is -2.03. The summed E-state index contributed by atoms with van der Waals surface area (Å²) in [6.45, 7) is 1.78. The van der Waals surface area contributed by atoms with Gasteiger partial charge in [-0.25, -0.2) is 4.98 Å². The van der Waals surface area contributed by atoms with E-state index in [0.29, 0.717) is 5.01 Å². The topological polar surface area (TPSA) is 30.0 Å². The average molecular weight is 237 g/mol. The second kappa shape index (κ2) is 4.74. The maximum Gasteiger partial charge on any atom is 0.389 e. The van der Waals surface area contributed by atoms with Crippen molar-refractivity contribution >= 4 is 17.1 Å². The Morgan fingerprint density at radius 1 is 1.53 bits per heavy atom. The van der Waals surface area contributed by atoms with Gasteiger partial charge >= 0.3 is 6.18 Å². The van der Waals surface area contributed by atoms with Gasteiger partial charge in [-0.2, -0.15) is 13.2 Å². The highest BCUT2D eigenvalue weighted by Crippen LogP contribution is 2.22. The normalized spacial score (nSPS) is 11.7. The maximum atomic E-state index is 11.8. The Kier molecular flexibility index (Phi) is 3.84. The summed E-state index contributed by atoms with van der Waals surface area (Å²) in [6.07, 6.45) is -5.75. The molecule has 2 nitrogen and oxygen atoms in total. The number of rotatable bonds is 4. The lowest BCUT2D eigenvalue weighted by molar-refractivity contribution is -0.143. The lowest BCUT2D eigenvalue weighted by atomic mass is 10.2. The summed E-state index contributed by atoms with van der Waals surface area (Å²) in [5.41, 5.74) is 0.790. The first-order valence-corrected chi connectivity index (χ1v) is 5.24. The highest BCUT2D eigenvalue weighted by molar-refractivity contribution is 7.09. The second-order valence-corrected chi connectivity index (χ2v) is 4.16. The summed E-state index contributed by atoms with van der Waals surface area (Å²) >= 11 is 1.30. The van der Waals surface area contributed by atoms with Gasteiger partial charge in [-0.1, -0.05) is 0 Å². The van der Waals surface area contributed by atoms with Gasteiger partial charge in [0, 0.05) is 17.5 Å². The molecule has 0 aliphatic rings. The molecule has 0 aliphatic heterocycles. The molecule has 0 saturated heterocycles. The molecule has 15 heavy (non-hydrogen) atoms. The van der Waals surface area contributed by atoms with E-state index < -0.39 is 24.8 Å². The largest absolute Gasteiger partial charge is 0.389 e. The van der Waals surface area contributed by atoms with Crippen LogP contribution in [-0.2, 0) is 11.2 Å². The number of carbonyl (C=O) groups excluding carboxylic acids is 1. The van der Waals surface area contributed by atoms with Crippen LogP contribution in [0.2, 0.25) is 0 Å². The number of halogens is 3. The van der Waals surface area contributed by atoms with Gasteiger partial charge in [0.25, 0.3) is 0 Å². The van der Waals surface area contributed by atoms with E-state index in [1.54, 1.807) is 12.3 Å². The fourth-order valence-electron chi connectivity index (χ4n) is 1.02. The monoisotopic (exact) mass is 237 g/mol. The van der Waals surface area contributed by atoms with Crippen LogP contribution in [0.4, 0.5) is 13.2 Å². The third-order valence-corrected chi connectivity index (χ3v) is 2.67. The minimum absolute atomic E-state index is 0.00852. The van der Waals surface area contributed by atoms with Crippen LogP contribution < -0.4 is 0 Å². The Balaban J connectivity index is 2.37. The van der Waals surface area contributed by atoms with E-state index in [1.165, 1.54) is 11.3 Å². The lowest BCUT2D eigenvalue weighted by Crippen LogP contribution is -2.12. The van der Waals surface area contributed by atoms with Crippen LogP contribution >= 0.6 is 11.3 Å². The number of aryl methyl sites for hydroxylation is 1. The molecule has 1 heterocycles. The number of alkyl halides is 3. The number of thiazole rings is 1. The van der Waals surface area contributed by atoms with Gasteiger partial charge in [0.2, 0.25) is 0 Å². The van der Waals surface area contributed by atoms with Crippen molar-refractivity contribution in [1.29, 1.82) is 0 Å². The Hall–Kier alpha value is -0.910. The third kappa shape index (κ3) is 4.92. The van der Waals surface area contributed by atoms with Crippen molar-refractivity contribution in [2.75, 3.05) is 0 Å². The molecule has 1 aromatic heterocycles. The molecule has 84 valence electrons. The van der Waals surface area contributed by atoms with E-state index in [2.05, 4.69) is 4.98 Å². The van der Waals surface area contributed by atoms with E-state index in [-0.39, 0.29) is 6.42 Å². The highest BCUT2D eigenvalue weighted by atomic mass is 32.1. The van der Waals surface area contributed by atoms with Crippen molar-refractivity contribution in [3.05, 3.63) is 16.1 Å². The first-order chi connectivity index (χ1) is 6.87. The minimum atomic E-state index is -4.26. The van der Waals surface area contributed by atoms with Crippen molar-refractivity contribution in [2.24, 2.45) is 0 Å². The molecule has 1 rings (SSSR count). The predicted molar refractivity (Wildman–Crippen MR) is 50.9 cm³/mol. The molecule has 0 atom stereocenters. The summed E-state index contributed by atoms with van der Waals surface area (Å²) < 4.78 is 35.4. The summed E-state index contributed by atoms with van der Waals surface area (Å²) in [5.74, 6) is -0.415. The molecule has 0 bridgehead atoms. The van der Waals surface area contributed by atoms with Crippen molar-refractivity contribution in [3.8, 4) is 0 Å². The highest BCUT2D eigenvalue weighted by Gasteiger charge is 2.27. The molecule has 1 aromatic rings. The van der Waals surface area contributed by atoms with E-state index in [0.717, 1.165) is 5.69 Å². The van der Waals surface area contributed by atoms with Gasteiger partial charge in [0.1, 0.15) is 10.8 Å². The van der Waals surface area contributed by atoms with Crippen LogP contribution in [0, 0.1) is 6.92 Å². The van der Waals surface area contributed by atoms with Crippen LogP contribution in [0.25, 0.3) is 0 Å². The molecular formula is C9H10F3NOS. The van der Waals surface area contributed by atoms with E-state index >= 15 is 0 Å². The van der Waals surface area contributed by atoms with Crippen molar-refractivity contribution in [3.63, 3.8) is 0 Å². The van der Waals surface area contributed by atoms with Gasteiger partial charge < -0.3 is 0 Å². The zero-order valence-electron chi connectivity index (χ0n) is 8.10. The van der Waals surface area contributed by atoms with Gasteiger partial charge in [0.05, 0.1) is 12.8 Å². The van der Waals surface area contributed by atoms with Crippen LogP contribution in [-0.4, -0.2) is 16.9 Å². The van der Waals surface area contributed by atoms with Crippen molar-refractivity contribution < 1.29 is 18.0 Å². The number of hydrogen-bond acceptors (Lipinski definition) is 3. The second-order valence-electron chi connectivity index (χ2n) is 3.21. The van der Waals surface area contributed by atoms with Crippen LogP contribution in [0.15, 0.2) is 5.38 Å². The first-order valence-electron chi connectivity index (χ1n) is 4.36. The molecule has 0 aliphatic carbocycles. The van der Waals surface area contributed by atoms with Crippen molar-refractivity contribution in [1.82, 2.24) is 4.98 Å². The summed E-state index contributed by atoms with van der Waals surface area (Å²) in [6, 6.07) is 0. The minimum Gasteiger partial charge on any atom is -0.299 e. The molecule has 6 heteroatoms. The molecule has 0 unspecified atom stereocenters. The number of aromatic nitrogens is 1. The molecular weight excluding hydrogens is 227 g/mol. The molecule has 0 radical (unpaired) electrons. The standard InChI is InChI=1S/C9H10F3NOS/c1-6-5-15-8(13-6)4-7(14)2-3-9(10,11)12/h5H,2-4H2,1H3. The Morgan fingerprint density at radius 2 is 2.20 bits per heavy atom. The maximum absolute atomic E-state index is 11.8. The number of Topliss-reactive ketones (excluding diaryl/α,β-unsaturated/α-hetero) is 1. The predicted octanol–water partition coefficient (Wildman–Crippen LogP) is 2.91. The Labute approximate surface area is 89.1 Å². The SMILES string of the molecule is Cc1csc(CC(=O)CCC(F)(F)F)n1. The number of nitrogens with zero attached hydrogens (tertiary/aromatic N) is 1. The number of carbonyl (C=O) groups is 1. The van der Waals surface area contributed by atoms with Crippen LogP contribution in [0.1, 0.15) is 23.5 Å². The zero-order valence-corrected chi connectivity index (χ0v) is 8.91. The number of ketones is 1. The van der Waals surface area contributed by atoms with E-state index in [1.807, 2.05) is 0 Å². The van der Waals surface area contributed by atoms with Gasteiger partial charge in [-0.05, 0) is 6.92 Å². The first kappa shape index (κ1) is 12.2. The van der Waals surface area contributed by atoms with Gasteiger partial charge in [-0.15, -0.1) is 11.3 Å². The van der Waals surface area contributed by atoms with Crippen LogP contribution in [0.5, 0.6) is 0 Å². The van der Waals surface area contributed by atoms with E-state index in [4.69, 9.17) is 0 Å². The summed E-state index contributed by atoms with van der Waals surface area (Å²) in [5, 5.41) is 2.35. The molecule has 0 spiro atoms. The smallest absolute Gasteiger partial charge is 0.299 e. The Morgan fingerprint density at radius 3 is 2.67 bits per heavy atom.